The third kappa shape index (κ3) is 4.93. The largest absolute Gasteiger partial charge is 1.00 e. The van der Waals surface area contributed by atoms with Crippen molar-refractivity contribution in [2.75, 3.05) is 29.0 Å². The van der Waals surface area contributed by atoms with E-state index in [0.29, 0.717) is 24.6 Å². The van der Waals surface area contributed by atoms with Crippen molar-refractivity contribution in [3.63, 3.8) is 0 Å². The van der Waals surface area contributed by atoms with Crippen LogP contribution in [0, 0.1) is 0 Å². The highest BCUT2D eigenvalue weighted by Crippen LogP contribution is 2.28. The van der Waals surface area contributed by atoms with Crippen molar-refractivity contribution < 1.29 is 41.6 Å². The SMILES string of the molecule is Nc1nc2c(c(=O)[nH]1)[N+]1=CN(c3ccc(C(=O)NC(CCC(=O)O)C(=O)O)cc3)CC1CN2.[Cl-]. The lowest BCUT2D eigenvalue weighted by Crippen LogP contribution is -3.00. The van der Waals surface area contributed by atoms with E-state index in [4.69, 9.17) is 10.8 Å². The number of nitrogens with one attached hydrogen (secondary N) is 3. The van der Waals surface area contributed by atoms with Crippen LogP contribution in [0.2, 0.25) is 0 Å². The summed E-state index contributed by atoms with van der Waals surface area (Å²) in [5.74, 6) is -2.62. The van der Waals surface area contributed by atoms with Gasteiger partial charge >= 0.3 is 17.5 Å². The summed E-state index contributed by atoms with van der Waals surface area (Å²) in [6.07, 6.45) is 1.20. The van der Waals surface area contributed by atoms with Crippen LogP contribution in [0.5, 0.6) is 0 Å². The Morgan fingerprint density at radius 3 is 2.62 bits per heavy atom. The molecular formula is C20H22ClN7O6. The number of hydrogen-bond acceptors (Lipinski definition) is 8. The lowest BCUT2D eigenvalue weighted by molar-refractivity contribution is -0.468. The summed E-state index contributed by atoms with van der Waals surface area (Å²) in [5.41, 5.74) is 6.64. The van der Waals surface area contributed by atoms with Crippen molar-refractivity contribution in [3.05, 3.63) is 40.2 Å². The number of carbonyl (C=O) groups is 3. The van der Waals surface area contributed by atoms with Gasteiger partial charge in [0.25, 0.3) is 5.91 Å². The Labute approximate surface area is 198 Å². The molecule has 2 aliphatic rings. The highest BCUT2D eigenvalue weighted by Gasteiger charge is 2.39. The molecule has 7 N–H and O–H groups in total. The van der Waals surface area contributed by atoms with Crippen molar-refractivity contribution >= 4 is 47.3 Å². The number of fused-ring (bicyclic) bond motifs is 3. The first-order valence-electron chi connectivity index (χ1n) is 10.1. The predicted octanol–water partition coefficient (Wildman–Crippen LogP) is -3.61. The Morgan fingerprint density at radius 1 is 1.26 bits per heavy atom. The van der Waals surface area contributed by atoms with E-state index in [-0.39, 0.29) is 48.4 Å². The zero-order chi connectivity index (χ0) is 23.7. The molecule has 0 saturated carbocycles. The molecule has 0 bridgehead atoms. The maximum atomic E-state index is 12.4. The molecule has 4 rings (SSSR count). The van der Waals surface area contributed by atoms with Gasteiger partial charge < -0.3 is 39.0 Å². The number of carboxylic acids is 2. The van der Waals surface area contributed by atoms with E-state index in [9.17, 15) is 24.3 Å². The maximum Gasteiger partial charge on any atom is 0.326 e. The topological polar surface area (TPSA) is 194 Å². The van der Waals surface area contributed by atoms with Gasteiger partial charge in [0.2, 0.25) is 18.0 Å². The minimum atomic E-state index is -1.30. The molecule has 0 radical (unpaired) electrons. The zero-order valence-electron chi connectivity index (χ0n) is 17.7. The number of aliphatic carboxylic acids is 2. The Balaban J connectivity index is 0.00000324. The maximum absolute atomic E-state index is 12.4. The van der Waals surface area contributed by atoms with E-state index in [2.05, 4.69) is 20.6 Å². The molecule has 0 saturated heterocycles. The Hall–Kier alpha value is -4.13. The molecule has 1 aromatic heterocycles. The number of H-pyrrole nitrogens is 1. The van der Waals surface area contributed by atoms with E-state index >= 15 is 0 Å². The summed E-state index contributed by atoms with van der Waals surface area (Å²) < 4.78 is 1.83. The molecular weight excluding hydrogens is 470 g/mol. The zero-order valence-corrected chi connectivity index (χ0v) is 18.5. The molecule has 14 heteroatoms. The van der Waals surface area contributed by atoms with Crippen molar-refractivity contribution in [1.29, 1.82) is 0 Å². The van der Waals surface area contributed by atoms with Gasteiger partial charge in [0.1, 0.15) is 18.3 Å². The van der Waals surface area contributed by atoms with E-state index in [1.165, 1.54) is 0 Å². The van der Waals surface area contributed by atoms with Crippen LogP contribution >= 0.6 is 0 Å². The second-order valence-corrected chi connectivity index (χ2v) is 7.70. The number of amides is 1. The minimum Gasteiger partial charge on any atom is -1.00 e. The highest BCUT2D eigenvalue weighted by atomic mass is 35.5. The number of halogens is 1. The van der Waals surface area contributed by atoms with Crippen molar-refractivity contribution in [2.45, 2.75) is 24.9 Å². The molecule has 3 heterocycles. The molecule has 0 fully saturated rings. The molecule has 1 aromatic carbocycles. The number of carboxylic acid groups (broad SMARTS) is 2. The van der Waals surface area contributed by atoms with Crippen LogP contribution in [0.15, 0.2) is 29.1 Å². The van der Waals surface area contributed by atoms with Gasteiger partial charge in [-0.1, -0.05) is 0 Å². The average Bonchev–Trinajstić information content (AvgIpc) is 3.20. The van der Waals surface area contributed by atoms with Crippen LogP contribution in [-0.2, 0) is 9.59 Å². The van der Waals surface area contributed by atoms with Crippen LogP contribution in [0.4, 0.5) is 23.1 Å². The number of rotatable bonds is 7. The second-order valence-electron chi connectivity index (χ2n) is 7.70. The second kappa shape index (κ2) is 9.79. The quantitative estimate of drug-likeness (QED) is 0.211. The van der Waals surface area contributed by atoms with Gasteiger partial charge in [-0.05, 0) is 30.7 Å². The normalized spacial score (nSPS) is 16.8. The Kier molecular flexibility index (Phi) is 7.05. The molecule has 0 aliphatic carbocycles. The summed E-state index contributed by atoms with van der Waals surface area (Å²) in [6.45, 7) is 1.14. The van der Waals surface area contributed by atoms with Gasteiger partial charge in [-0.3, -0.25) is 19.4 Å². The summed E-state index contributed by atoms with van der Waals surface area (Å²) in [7, 11) is 0. The number of carbonyl (C=O) groups excluding carboxylic acids is 1. The van der Waals surface area contributed by atoms with Gasteiger partial charge in [-0.25, -0.2) is 14.3 Å². The number of aromatic nitrogens is 2. The fourth-order valence-corrected chi connectivity index (χ4v) is 3.81. The first-order valence-corrected chi connectivity index (χ1v) is 10.1. The molecule has 2 aromatic rings. The van der Waals surface area contributed by atoms with E-state index in [0.717, 1.165) is 5.69 Å². The summed E-state index contributed by atoms with van der Waals surface area (Å²) in [5, 5.41) is 23.4. The summed E-state index contributed by atoms with van der Waals surface area (Å²) in [4.78, 5) is 55.4. The standard InChI is InChI=1S/C20H21N7O6.ClH/c21-20-24-16-15(18(31)25-20)27-9-26(8-12(27)7-22-16)11-3-1-10(2-4-11)17(30)23-13(19(32)33)5-6-14(28)29;/h1-4,9,12-13H,5-8H2,(H6-,21,22,23,24,25,28,29,30,31,32,33);1H. The first kappa shape index (κ1) is 24.5. The van der Waals surface area contributed by atoms with Crippen LogP contribution < -0.4 is 39.2 Å². The molecule has 0 spiro atoms. The third-order valence-corrected chi connectivity index (χ3v) is 5.45. The van der Waals surface area contributed by atoms with Crippen molar-refractivity contribution in [2.24, 2.45) is 0 Å². The number of benzene rings is 1. The number of nitrogens with two attached hydrogens (primary N) is 1. The highest BCUT2D eigenvalue weighted by molar-refractivity contribution is 5.97. The molecule has 180 valence electrons. The predicted molar refractivity (Wildman–Crippen MR) is 117 cm³/mol. The third-order valence-electron chi connectivity index (χ3n) is 5.45. The Morgan fingerprint density at radius 2 is 1.97 bits per heavy atom. The summed E-state index contributed by atoms with van der Waals surface area (Å²) >= 11 is 0. The van der Waals surface area contributed by atoms with Crippen LogP contribution in [-0.4, -0.2) is 74.1 Å². The number of anilines is 3. The van der Waals surface area contributed by atoms with Crippen LogP contribution in [0.1, 0.15) is 23.2 Å². The molecule has 2 unspecified atom stereocenters. The molecule has 2 atom stereocenters. The van der Waals surface area contributed by atoms with Gasteiger partial charge in [0.05, 0.1) is 6.54 Å². The molecule has 13 nitrogen and oxygen atoms in total. The number of hydrogen-bond donors (Lipinski definition) is 6. The van der Waals surface area contributed by atoms with E-state index in [1.807, 2.05) is 9.48 Å². The van der Waals surface area contributed by atoms with Gasteiger partial charge in [0.15, 0.2) is 11.9 Å². The van der Waals surface area contributed by atoms with Crippen molar-refractivity contribution in [1.82, 2.24) is 15.3 Å². The monoisotopic (exact) mass is 491 g/mol. The smallest absolute Gasteiger partial charge is 0.326 e. The van der Waals surface area contributed by atoms with Gasteiger partial charge in [-0.15, -0.1) is 0 Å². The molecule has 2 aliphatic heterocycles. The number of nitrogen functional groups attached to an aromatic ring is 1. The number of aromatic amines is 1. The lowest BCUT2D eigenvalue weighted by Gasteiger charge is -2.20. The first-order chi connectivity index (χ1) is 15.7. The fourth-order valence-electron chi connectivity index (χ4n) is 3.81. The minimum absolute atomic E-state index is 0. The van der Waals surface area contributed by atoms with Crippen molar-refractivity contribution in [3.8, 4) is 0 Å². The molecule has 34 heavy (non-hydrogen) atoms. The average molecular weight is 492 g/mol. The lowest BCUT2D eigenvalue weighted by atomic mass is 10.1. The molecule has 1 amide bonds. The van der Waals surface area contributed by atoms with E-state index < -0.39 is 23.9 Å². The van der Waals surface area contributed by atoms with E-state index in [1.54, 1.807) is 30.6 Å². The van der Waals surface area contributed by atoms with Gasteiger partial charge in [-0.2, -0.15) is 4.98 Å². The van der Waals surface area contributed by atoms with Crippen LogP contribution in [0.3, 0.4) is 0 Å². The van der Waals surface area contributed by atoms with Gasteiger partial charge in [0, 0.05) is 12.0 Å². The fraction of sp³-hybridized carbons (Fsp3) is 0.300. The number of nitrogens with zero attached hydrogens (tertiary/aromatic N) is 3. The Bertz CT molecular complexity index is 1210. The van der Waals surface area contributed by atoms with Crippen LogP contribution in [0.25, 0.3) is 0 Å². The summed E-state index contributed by atoms with van der Waals surface area (Å²) in [6, 6.07) is 5.19.